The Hall–Kier alpha value is -2.56. The van der Waals surface area contributed by atoms with Gasteiger partial charge in [-0.05, 0) is 36.6 Å². The normalized spacial score (nSPS) is 19.9. The molecular weight excluding hydrogens is 330 g/mol. The molecule has 5 heteroatoms. The zero-order valence-electron chi connectivity index (χ0n) is 15.0. The maximum absolute atomic E-state index is 12.7. The molecule has 138 valence electrons. The van der Waals surface area contributed by atoms with Crippen LogP contribution in [0, 0.1) is 11.8 Å². The number of aliphatic carboxylic acids is 1. The lowest BCUT2D eigenvalue weighted by Crippen LogP contribution is -2.39. The highest BCUT2D eigenvalue weighted by molar-refractivity contribution is 5.89. The minimum absolute atomic E-state index is 0.174. The van der Waals surface area contributed by atoms with E-state index in [-0.39, 0.29) is 5.91 Å². The Kier molecular flexibility index (Phi) is 5.76. The van der Waals surface area contributed by atoms with E-state index in [1.165, 1.54) is 0 Å². The fourth-order valence-electron chi connectivity index (χ4n) is 3.84. The van der Waals surface area contributed by atoms with E-state index >= 15 is 0 Å². The summed E-state index contributed by atoms with van der Waals surface area (Å²) in [4.78, 5) is 24.1. The quantitative estimate of drug-likeness (QED) is 0.827. The molecule has 0 aromatic heterocycles. The van der Waals surface area contributed by atoms with Crippen molar-refractivity contribution >= 4 is 22.6 Å². The van der Waals surface area contributed by atoms with Crippen molar-refractivity contribution in [1.29, 1.82) is 0 Å². The van der Waals surface area contributed by atoms with Crippen LogP contribution in [0.3, 0.4) is 0 Å². The van der Waals surface area contributed by atoms with Crippen LogP contribution in [-0.2, 0) is 16.1 Å². The molecule has 0 spiro atoms. The molecule has 0 heterocycles. The van der Waals surface area contributed by atoms with Gasteiger partial charge in [0.15, 0.2) is 0 Å². The van der Waals surface area contributed by atoms with Gasteiger partial charge in [-0.25, -0.2) is 0 Å². The summed E-state index contributed by atoms with van der Waals surface area (Å²) in [5, 5.41) is 14.5. The lowest BCUT2D eigenvalue weighted by molar-refractivity contribution is -0.148. The van der Waals surface area contributed by atoms with Crippen LogP contribution in [0.1, 0.15) is 38.2 Å². The van der Waals surface area contributed by atoms with E-state index in [0.717, 1.165) is 34.9 Å². The summed E-state index contributed by atoms with van der Waals surface area (Å²) in [7, 11) is 0. The Bertz CT molecular complexity index is 802. The lowest BCUT2D eigenvalue weighted by Gasteiger charge is -2.27. The Morgan fingerprint density at radius 2 is 1.85 bits per heavy atom. The average Bonchev–Trinajstić information content (AvgIpc) is 2.67. The molecular formula is C21H25NO4. The van der Waals surface area contributed by atoms with E-state index in [0.29, 0.717) is 26.0 Å². The van der Waals surface area contributed by atoms with Crippen molar-refractivity contribution in [1.82, 2.24) is 5.32 Å². The van der Waals surface area contributed by atoms with E-state index < -0.39 is 17.8 Å². The van der Waals surface area contributed by atoms with Crippen LogP contribution >= 0.6 is 0 Å². The Labute approximate surface area is 153 Å². The summed E-state index contributed by atoms with van der Waals surface area (Å²) in [6.07, 6.45) is 2.99. The standard InChI is InChI=1S/C21H25NO4/c1-2-26-19-12-11-14-7-3-4-8-15(14)18(19)13-22-20(23)16-9-5-6-10-17(16)21(24)25/h3-4,7-8,11-12,16-17H,2,5-6,9-10,13H2,1H3,(H,22,23)(H,24,25). The molecule has 0 radical (unpaired) electrons. The molecule has 0 bridgehead atoms. The predicted octanol–water partition coefficient (Wildman–Crippen LogP) is 3.75. The number of carboxylic acids is 1. The number of carboxylic acid groups (broad SMARTS) is 1. The molecule has 3 rings (SSSR count). The number of amides is 1. The van der Waals surface area contributed by atoms with Crippen LogP contribution in [0.4, 0.5) is 0 Å². The number of hydrogen-bond donors (Lipinski definition) is 2. The predicted molar refractivity (Wildman–Crippen MR) is 100 cm³/mol. The molecule has 2 unspecified atom stereocenters. The number of ether oxygens (including phenoxy) is 1. The van der Waals surface area contributed by atoms with Crippen LogP contribution in [0.15, 0.2) is 36.4 Å². The third-order valence-corrected chi connectivity index (χ3v) is 5.16. The molecule has 0 aliphatic heterocycles. The third-order valence-electron chi connectivity index (χ3n) is 5.16. The molecule has 5 nitrogen and oxygen atoms in total. The number of carbonyl (C=O) groups excluding carboxylic acids is 1. The van der Waals surface area contributed by atoms with Gasteiger partial charge in [-0.2, -0.15) is 0 Å². The molecule has 1 amide bonds. The van der Waals surface area contributed by atoms with Crippen LogP contribution in [0.5, 0.6) is 5.75 Å². The number of rotatable bonds is 6. The molecule has 2 aromatic carbocycles. The molecule has 2 N–H and O–H groups in total. The smallest absolute Gasteiger partial charge is 0.307 e. The first-order chi connectivity index (χ1) is 12.6. The van der Waals surface area contributed by atoms with E-state index in [4.69, 9.17) is 4.74 Å². The van der Waals surface area contributed by atoms with Crippen molar-refractivity contribution in [3.8, 4) is 5.75 Å². The first-order valence-electron chi connectivity index (χ1n) is 9.25. The zero-order chi connectivity index (χ0) is 18.5. The highest BCUT2D eigenvalue weighted by atomic mass is 16.5. The maximum Gasteiger partial charge on any atom is 0.307 e. The monoisotopic (exact) mass is 355 g/mol. The fourth-order valence-corrected chi connectivity index (χ4v) is 3.84. The van der Waals surface area contributed by atoms with E-state index in [9.17, 15) is 14.7 Å². The highest BCUT2D eigenvalue weighted by Crippen LogP contribution is 2.31. The topological polar surface area (TPSA) is 75.6 Å². The number of nitrogens with one attached hydrogen (secondary N) is 1. The molecule has 26 heavy (non-hydrogen) atoms. The average molecular weight is 355 g/mol. The summed E-state index contributed by atoms with van der Waals surface area (Å²) < 4.78 is 5.74. The van der Waals surface area contributed by atoms with Gasteiger partial charge in [0.25, 0.3) is 0 Å². The Morgan fingerprint density at radius 1 is 1.12 bits per heavy atom. The summed E-state index contributed by atoms with van der Waals surface area (Å²) in [6.45, 7) is 2.80. The number of hydrogen-bond acceptors (Lipinski definition) is 3. The first-order valence-corrected chi connectivity index (χ1v) is 9.25. The molecule has 2 atom stereocenters. The highest BCUT2D eigenvalue weighted by Gasteiger charge is 2.35. The number of fused-ring (bicyclic) bond motifs is 1. The molecule has 1 aliphatic carbocycles. The summed E-state index contributed by atoms with van der Waals surface area (Å²) in [5.41, 5.74) is 0.931. The summed E-state index contributed by atoms with van der Waals surface area (Å²) in [6, 6.07) is 11.9. The second-order valence-corrected chi connectivity index (χ2v) is 6.75. The van der Waals surface area contributed by atoms with Gasteiger partial charge in [-0.3, -0.25) is 9.59 Å². The lowest BCUT2D eigenvalue weighted by atomic mass is 9.78. The Balaban J connectivity index is 1.81. The van der Waals surface area contributed by atoms with Gasteiger partial charge in [-0.1, -0.05) is 43.2 Å². The summed E-state index contributed by atoms with van der Waals surface area (Å²) in [5.74, 6) is -1.32. The Morgan fingerprint density at radius 3 is 2.58 bits per heavy atom. The van der Waals surface area contributed by atoms with E-state index in [1.54, 1.807) is 0 Å². The van der Waals surface area contributed by atoms with Crippen LogP contribution < -0.4 is 10.1 Å². The van der Waals surface area contributed by atoms with Crippen molar-refractivity contribution in [3.63, 3.8) is 0 Å². The van der Waals surface area contributed by atoms with Crippen LogP contribution in [-0.4, -0.2) is 23.6 Å². The van der Waals surface area contributed by atoms with Gasteiger partial charge in [0.1, 0.15) is 5.75 Å². The van der Waals surface area contributed by atoms with Gasteiger partial charge in [0.05, 0.1) is 18.4 Å². The molecule has 1 fully saturated rings. The van der Waals surface area contributed by atoms with Gasteiger partial charge >= 0.3 is 5.97 Å². The van der Waals surface area contributed by atoms with Crippen LogP contribution in [0.2, 0.25) is 0 Å². The first kappa shape index (κ1) is 18.2. The van der Waals surface area contributed by atoms with Crippen molar-refractivity contribution in [2.24, 2.45) is 11.8 Å². The molecule has 1 saturated carbocycles. The van der Waals surface area contributed by atoms with Gasteiger partial charge in [0, 0.05) is 12.1 Å². The van der Waals surface area contributed by atoms with Gasteiger partial charge < -0.3 is 15.2 Å². The fraction of sp³-hybridized carbons (Fsp3) is 0.429. The second-order valence-electron chi connectivity index (χ2n) is 6.75. The van der Waals surface area contributed by atoms with E-state index in [1.807, 2.05) is 43.3 Å². The summed E-state index contributed by atoms with van der Waals surface area (Å²) >= 11 is 0. The van der Waals surface area contributed by atoms with Crippen molar-refractivity contribution in [2.75, 3.05) is 6.61 Å². The third kappa shape index (κ3) is 3.82. The van der Waals surface area contributed by atoms with Crippen molar-refractivity contribution in [3.05, 3.63) is 42.0 Å². The van der Waals surface area contributed by atoms with Crippen molar-refractivity contribution in [2.45, 2.75) is 39.2 Å². The zero-order valence-corrected chi connectivity index (χ0v) is 15.0. The van der Waals surface area contributed by atoms with Gasteiger partial charge in [0.2, 0.25) is 5.91 Å². The second kappa shape index (κ2) is 8.21. The molecule has 1 aliphatic rings. The van der Waals surface area contributed by atoms with Gasteiger partial charge in [-0.15, -0.1) is 0 Å². The maximum atomic E-state index is 12.7. The van der Waals surface area contributed by atoms with Crippen LogP contribution in [0.25, 0.3) is 10.8 Å². The minimum atomic E-state index is -0.870. The number of benzene rings is 2. The van der Waals surface area contributed by atoms with E-state index in [2.05, 4.69) is 5.32 Å². The van der Waals surface area contributed by atoms with Crippen molar-refractivity contribution < 1.29 is 19.4 Å². The molecule has 0 saturated heterocycles. The number of carbonyl (C=O) groups is 2. The molecule has 2 aromatic rings. The SMILES string of the molecule is CCOc1ccc2ccccc2c1CNC(=O)C1CCCCC1C(=O)O. The largest absolute Gasteiger partial charge is 0.494 e. The minimum Gasteiger partial charge on any atom is -0.494 e.